The van der Waals surface area contributed by atoms with Crippen molar-refractivity contribution in [3.8, 4) is 0 Å². The molecule has 2 aromatic heterocycles. The molecule has 0 N–H and O–H groups in total. The lowest BCUT2D eigenvalue weighted by Crippen LogP contribution is -2.31. The van der Waals surface area contributed by atoms with Crippen molar-refractivity contribution >= 4 is 31.4 Å². The van der Waals surface area contributed by atoms with E-state index in [1.807, 2.05) is 19.0 Å². The lowest BCUT2D eigenvalue weighted by atomic mass is 10.4. The van der Waals surface area contributed by atoms with Gasteiger partial charge >= 0.3 is 0 Å². The highest BCUT2D eigenvalue weighted by atomic mass is 28.3. The molecule has 18 heavy (non-hydrogen) atoms. The van der Waals surface area contributed by atoms with E-state index in [1.54, 1.807) is 12.7 Å². The van der Waals surface area contributed by atoms with Crippen molar-refractivity contribution in [1.82, 2.24) is 19.1 Å². The van der Waals surface area contributed by atoms with Crippen LogP contribution in [0.4, 0.5) is 5.82 Å². The molecule has 0 aromatic carbocycles. The van der Waals surface area contributed by atoms with Gasteiger partial charge in [0.15, 0.2) is 14.1 Å². The average Bonchev–Trinajstić information content (AvgIpc) is 2.69. The molecule has 0 bridgehead atoms. The van der Waals surface area contributed by atoms with Gasteiger partial charge in [-0.25, -0.2) is 15.0 Å². The van der Waals surface area contributed by atoms with E-state index in [1.165, 1.54) is 0 Å². The van der Waals surface area contributed by atoms with E-state index in [9.17, 15) is 0 Å². The Morgan fingerprint density at radius 3 is 2.61 bits per heavy atom. The van der Waals surface area contributed by atoms with Crippen molar-refractivity contribution in [3.05, 3.63) is 18.6 Å². The van der Waals surface area contributed by atoms with E-state index < -0.39 is 8.24 Å². The van der Waals surface area contributed by atoms with Crippen molar-refractivity contribution < 1.29 is 0 Å². The highest BCUT2D eigenvalue weighted by Gasteiger charge is 2.19. The zero-order chi connectivity index (χ0) is 13.3. The van der Waals surface area contributed by atoms with Crippen LogP contribution in [0.5, 0.6) is 0 Å². The van der Waals surface area contributed by atoms with Crippen LogP contribution in [0.1, 0.15) is 0 Å². The molecule has 2 rings (SSSR count). The molecule has 5 nitrogen and oxygen atoms in total. The van der Waals surface area contributed by atoms with Crippen molar-refractivity contribution in [2.24, 2.45) is 4.99 Å². The molecule has 0 saturated carbocycles. The molecule has 2 aromatic rings. The van der Waals surface area contributed by atoms with Gasteiger partial charge in [0.1, 0.15) is 12.0 Å². The fraction of sp³-hybridized carbons (Fsp3) is 0.417. The topological polar surface area (TPSA) is 46.3 Å². The summed E-state index contributed by atoms with van der Waals surface area (Å²) in [5.41, 5.74) is 0.982. The summed E-state index contributed by atoms with van der Waals surface area (Å²) in [4.78, 5) is 14.9. The third kappa shape index (κ3) is 2.43. The Morgan fingerprint density at radius 2 is 2.00 bits per heavy atom. The maximum Gasteiger partial charge on any atom is 0.166 e. The summed E-state index contributed by atoms with van der Waals surface area (Å²) in [5.74, 6) is 0.728. The second-order valence-corrected chi connectivity index (χ2v) is 10.3. The maximum absolute atomic E-state index is 4.39. The minimum atomic E-state index is -1.45. The molecule has 0 radical (unpaired) electrons. The van der Waals surface area contributed by atoms with Gasteiger partial charge in [-0.05, 0) is 12.3 Å². The largest absolute Gasteiger partial charge is 0.369 e. The summed E-state index contributed by atoms with van der Waals surface area (Å²) >= 11 is 0. The highest BCUT2D eigenvalue weighted by molar-refractivity contribution is 6.75. The van der Waals surface area contributed by atoms with Crippen LogP contribution >= 0.6 is 0 Å². The molecule has 0 aliphatic carbocycles. The minimum absolute atomic E-state index is 0.728. The van der Waals surface area contributed by atoms with Gasteiger partial charge < -0.3 is 9.13 Å². The molecule has 96 valence electrons. The number of aliphatic imine (C=N–C) groups is 1. The zero-order valence-corrected chi connectivity index (χ0v) is 12.5. The van der Waals surface area contributed by atoms with E-state index in [-0.39, 0.29) is 0 Å². The van der Waals surface area contributed by atoms with Crippen molar-refractivity contribution in [2.45, 2.75) is 19.6 Å². The lowest BCUT2D eigenvalue weighted by Gasteiger charge is -2.19. The fourth-order valence-corrected chi connectivity index (χ4v) is 3.09. The molecule has 0 spiro atoms. The number of rotatable bonds is 3. The fourth-order valence-electron chi connectivity index (χ4n) is 1.75. The molecule has 2 heterocycles. The van der Waals surface area contributed by atoms with Crippen LogP contribution < -0.4 is 0 Å². The smallest absolute Gasteiger partial charge is 0.166 e. The molecule has 0 aliphatic rings. The quantitative estimate of drug-likeness (QED) is 0.484. The van der Waals surface area contributed by atoms with E-state index >= 15 is 0 Å². The molecule has 0 amide bonds. The first kappa shape index (κ1) is 12.8. The Hall–Kier alpha value is -1.69. The molecule has 0 atom stereocenters. The summed E-state index contributed by atoms with van der Waals surface area (Å²) in [6, 6.07) is 2.05. The predicted octanol–water partition coefficient (Wildman–Crippen LogP) is 2.34. The zero-order valence-electron chi connectivity index (χ0n) is 11.5. The van der Waals surface area contributed by atoms with Crippen LogP contribution in [-0.2, 0) is 0 Å². The molecule has 0 fully saturated rings. The Labute approximate surface area is 108 Å². The third-order valence-electron chi connectivity index (χ3n) is 2.59. The number of hydrogen-bond acceptors (Lipinski definition) is 3. The first-order valence-corrected chi connectivity index (χ1v) is 9.37. The van der Waals surface area contributed by atoms with Crippen LogP contribution in [0.2, 0.25) is 19.6 Å². The number of hydrogen-bond donors (Lipinski definition) is 0. The second kappa shape index (κ2) is 4.53. The summed E-state index contributed by atoms with van der Waals surface area (Å²) in [7, 11) is 2.43. The lowest BCUT2D eigenvalue weighted by molar-refractivity contribution is 0.643. The Kier molecular flexibility index (Phi) is 3.21. The van der Waals surface area contributed by atoms with Crippen LogP contribution in [0.15, 0.2) is 23.6 Å². The van der Waals surface area contributed by atoms with Crippen molar-refractivity contribution in [3.63, 3.8) is 0 Å². The van der Waals surface area contributed by atoms with E-state index in [4.69, 9.17) is 0 Å². The first-order chi connectivity index (χ1) is 8.39. The second-order valence-electron chi connectivity index (χ2n) is 5.50. The van der Waals surface area contributed by atoms with Crippen molar-refractivity contribution in [2.75, 3.05) is 14.1 Å². The maximum atomic E-state index is 4.39. The first-order valence-electron chi connectivity index (χ1n) is 5.93. The Morgan fingerprint density at radius 1 is 1.28 bits per heavy atom. The SMILES string of the molecule is CN(C)C=Nc1ncnc2c1ccn2[Si](C)(C)C. The third-order valence-corrected chi connectivity index (χ3v) is 4.40. The molecule has 0 aliphatic heterocycles. The van der Waals surface area contributed by atoms with Gasteiger partial charge in [0.05, 0.1) is 11.7 Å². The van der Waals surface area contributed by atoms with Crippen LogP contribution in [0.25, 0.3) is 11.0 Å². The van der Waals surface area contributed by atoms with Gasteiger partial charge in [-0.15, -0.1) is 0 Å². The van der Waals surface area contributed by atoms with Crippen LogP contribution in [0, 0.1) is 0 Å². The van der Waals surface area contributed by atoms with Gasteiger partial charge in [0.25, 0.3) is 0 Å². The number of aromatic nitrogens is 3. The minimum Gasteiger partial charge on any atom is -0.369 e. The normalized spacial score (nSPS) is 12.5. The van der Waals surface area contributed by atoms with Crippen LogP contribution in [0.3, 0.4) is 0 Å². The summed E-state index contributed by atoms with van der Waals surface area (Å²) in [6.45, 7) is 6.87. The summed E-state index contributed by atoms with van der Waals surface area (Å²) in [6.07, 6.45) is 5.44. The van der Waals surface area contributed by atoms with E-state index in [0.717, 1.165) is 16.9 Å². The van der Waals surface area contributed by atoms with E-state index in [0.29, 0.717) is 0 Å². The predicted molar refractivity (Wildman–Crippen MR) is 78.1 cm³/mol. The average molecular weight is 261 g/mol. The molecular weight excluding hydrogens is 242 g/mol. The molecular formula is C12H19N5Si. The number of nitrogens with zero attached hydrogens (tertiary/aromatic N) is 5. The van der Waals surface area contributed by atoms with Crippen LogP contribution in [-0.4, -0.2) is 47.8 Å². The molecule has 0 unspecified atom stereocenters. The standard InChI is InChI=1S/C12H19N5Si/c1-16(2)9-15-11-10-6-7-17(18(3,4)5)12(10)14-8-13-11/h6-9H,1-5H3. The molecule has 6 heteroatoms. The Bertz CT molecular complexity index is 580. The summed E-state index contributed by atoms with van der Waals surface area (Å²) in [5, 5.41) is 1.01. The number of fused-ring (bicyclic) bond motifs is 1. The highest BCUT2D eigenvalue weighted by Crippen LogP contribution is 2.24. The molecule has 0 saturated heterocycles. The van der Waals surface area contributed by atoms with E-state index in [2.05, 4.69) is 51.1 Å². The van der Waals surface area contributed by atoms with Gasteiger partial charge in [0.2, 0.25) is 0 Å². The van der Waals surface area contributed by atoms with Gasteiger partial charge in [0, 0.05) is 14.1 Å². The van der Waals surface area contributed by atoms with Gasteiger partial charge in [-0.2, -0.15) is 0 Å². The monoisotopic (exact) mass is 261 g/mol. The van der Waals surface area contributed by atoms with Gasteiger partial charge in [-0.3, -0.25) is 0 Å². The van der Waals surface area contributed by atoms with Crippen molar-refractivity contribution in [1.29, 1.82) is 0 Å². The Balaban J connectivity index is 2.56. The van der Waals surface area contributed by atoms with Gasteiger partial charge in [-0.1, -0.05) is 19.6 Å². The summed E-state index contributed by atoms with van der Waals surface area (Å²) < 4.78 is 2.28.